The van der Waals surface area contributed by atoms with Crippen molar-refractivity contribution in [1.29, 1.82) is 0 Å². The van der Waals surface area contributed by atoms with Gasteiger partial charge in [-0.2, -0.15) is 0 Å². The Balaban J connectivity index is 2.51. The van der Waals surface area contributed by atoms with Crippen molar-refractivity contribution in [3.63, 3.8) is 0 Å². The molecule has 0 bridgehead atoms. The molecule has 108 valence electrons. The number of nitrogens with two attached hydrogens (primary N) is 2. The molecule has 0 aromatic rings. The summed E-state index contributed by atoms with van der Waals surface area (Å²) in [5.41, 5.74) is 10.8. The first-order valence-electron chi connectivity index (χ1n) is 6.82. The van der Waals surface area contributed by atoms with Gasteiger partial charge in [0, 0.05) is 19.5 Å². The van der Waals surface area contributed by atoms with E-state index in [4.69, 9.17) is 23.7 Å². The second-order valence-corrected chi connectivity index (χ2v) is 5.65. The topological polar surface area (TPSA) is 89.4 Å². The number of nitrogens with zero attached hydrogens (tertiary/aromatic N) is 1. The van der Waals surface area contributed by atoms with Crippen molar-refractivity contribution in [3.05, 3.63) is 0 Å². The minimum atomic E-state index is -0.340. The highest BCUT2D eigenvalue weighted by molar-refractivity contribution is 7.80. The maximum absolute atomic E-state index is 12.3. The van der Waals surface area contributed by atoms with Crippen LogP contribution in [0.25, 0.3) is 0 Å². The lowest BCUT2D eigenvalue weighted by molar-refractivity contribution is -0.135. The predicted octanol–water partition coefficient (Wildman–Crippen LogP) is 0.803. The van der Waals surface area contributed by atoms with Gasteiger partial charge in [0.2, 0.25) is 11.8 Å². The molecule has 0 spiro atoms. The van der Waals surface area contributed by atoms with Gasteiger partial charge in [0.15, 0.2) is 0 Å². The highest BCUT2D eigenvalue weighted by Crippen LogP contribution is 2.22. The van der Waals surface area contributed by atoms with Crippen molar-refractivity contribution in [2.45, 2.75) is 39.0 Å². The SMILES string of the molecule is CCCC(C(=O)N1CCC(CC(N)=O)CC1)C(N)=S. The average Bonchev–Trinajstić information content (AvgIpc) is 2.35. The molecule has 1 heterocycles. The Morgan fingerprint density at radius 3 is 2.32 bits per heavy atom. The van der Waals surface area contributed by atoms with E-state index in [1.807, 2.05) is 11.8 Å². The molecule has 0 aromatic heterocycles. The number of thiocarbonyl (C=S) groups is 1. The summed E-state index contributed by atoms with van der Waals surface area (Å²) in [7, 11) is 0. The molecule has 1 unspecified atom stereocenters. The average molecular weight is 285 g/mol. The fourth-order valence-corrected chi connectivity index (χ4v) is 2.76. The molecule has 0 radical (unpaired) electrons. The molecule has 1 aliphatic heterocycles. The minimum absolute atomic E-state index is 0.0341. The fourth-order valence-electron chi connectivity index (χ4n) is 2.54. The normalized spacial score (nSPS) is 18.1. The van der Waals surface area contributed by atoms with E-state index in [0.717, 1.165) is 19.3 Å². The van der Waals surface area contributed by atoms with E-state index in [9.17, 15) is 9.59 Å². The second-order valence-electron chi connectivity index (χ2n) is 5.18. The van der Waals surface area contributed by atoms with Crippen molar-refractivity contribution >= 4 is 29.0 Å². The molecule has 0 aliphatic carbocycles. The molecular formula is C13H23N3O2S. The Morgan fingerprint density at radius 1 is 1.32 bits per heavy atom. The summed E-state index contributed by atoms with van der Waals surface area (Å²) >= 11 is 4.98. The third-order valence-corrected chi connectivity index (χ3v) is 3.92. The Bertz CT molecular complexity index is 352. The van der Waals surface area contributed by atoms with Crippen molar-refractivity contribution in [2.75, 3.05) is 13.1 Å². The van der Waals surface area contributed by atoms with Crippen LogP contribution in [0.1, 0.15) is 39.0 Å². The van der Waals surface area contributed by atoms with Gasteiger partial charge in [-0.05, 0) is 25.2 Å². The zero-order valence-corrected chi connectivity index (χ0v) is 12.2. The first kappa shape index (κ1) is 15.9. The molecule has 0 saturated carbocycles. The summed E-state index contributed by atoms with van der Waals surface area (Å²) in [5, 5.41) is 0. The molecule has 1 saturated heterocycles. The maximum atomic E-state index is 12.3. The fraction of sp³-hybridized carbons (Fsp3) is 0.769. The Labute approximate surface area is 119 Å². The lowest BCUT2D eigenvalue weighted by Gasteiger charge is -2.33. The number of hydrogen-bond acceptors (Lipinski definition) is 3. The molecule has 19 heavy (non-hydrogen) atoms. The van der Waals surface area contributed by atoms with Crippen molar-refractivity contribution in [2.24, 2.45) is 23.3 Å². The van der Waals surface area contributed by atoms with Crippen LogP contribution < -0.4 is 11.5 Å². The van der Waals surface area contributed by atoms with Crippen LogP contribution in [0.3, 0.4) is 0 Å². The van der Waals surface area contributed by atoms with Gasteiger partial charge in [0.25, 0.3) is 0 Å². The minimum Gasteiger partial charge on any atom is -0.393 e. The summed E-state index contributed by atoms with van der Waals surface area (Å²) in [6.07, 6.45) is 3.65. The molecule has 6 heteroatoms. The number of likely N-dealkylation sites (tertiary alicyclic amines) is 1. The quantitative estimate of drug-likeness (QED) is 0.706. The third kappa shape index (κ3) is 4.78. The number of carbonyl (C=O) groups is 2. The van der Waals surface area contributed by atoms with Crippen LogP contribution in [0.4, 0.5) is 0 Å². The van der Waals surface area contributed by atoms with Gasteiger partial charge in [0.1, 0.15) is 0 Å². The summed E-state index contributed by atoms with van der Waals surface area (Å²) in [4.78, 5) is 25.3. The van der Waals surface area contributed by atoms with Crippen LogP contribution in [0, 0.1) is 11.8 Å². The predicted molar refractivity (Wildman–Crippen MR) is 78.3 cm³/mol. The standard InChI is InChI=1S/C13H23N3O2S/c1-2-3-10(12(15)19)13(18)16-6-4-9(5-7-16)8-11(14)17/h9-10H,2-8H2,1H3,(H2,14,17)(H2,15,19). The van der Waals surface area contributed by atoms with Gasteiger partial charge in [-0.15, -0.1) is 0 Å². The van der Waals surface area contributed by atoms with Crippen LogP contribution in [0.2, 0.25) is 0 Å². The van der Waals surface area contributed by atoms with E-state index in [-0.39, 0.29) is 22.7 Å². The number of amides is 2. The zero-order valence-electron chi connectivity index (χ0n) is 11.4. The monoisotopic (exact) mass is 285 g/mol. The highest BCUT2D eigenvalue weighted by atomic mass is 32.1. The number of hydrogen-bond donors (Lipinski definition) is 2. The molecule has 1 rings (SSSR count). The Hall–Kier alpha value is -1.17. The summed E-state index contributed by atoms with van der Waals surface area (Å²) in [5.74, 6) is -0.271. The summed E-state index contributed by atoms with van der Waals surface area (Å²) in [6, 6.07) is 0. The van der Waals surface area contributed by atoms with Crippen LogP contribution in [-0.2, 0) is 9.59 Å². The summed E-state index contributed by atoms with van der Waals surface area (Å²) < 4.78 is 0. The van der Waals surface area contributed by atoms with Crippen LogP contribution >= 0.6 is 12.2 Å². The van der Waals surface area contributed by atoms with E-state index in [1.54, 1.807) is 0 Å². The van der Waals surface area contributed by atoms with Crippen molar-refractivity contribution in [1.82, 2.24) is 4.90 Å². The van der Waals surface area contributed by atoms with Crippen LogP contribution in [0.15, 0.2) is 0 Å². The number of carbonyl (C=O) groups excluding carboxylic acids is 2. The van der Waals surface area contributed by atoms with Crippen molar-refractivity contribution in [3.8, 4) is 0 Å². The highest BCUT2D eigenvalue weighted by Gasteiger charge is 2.29. The van der Waals surface area contributed by atoms with Gasteiger partial charge in [-0.3, -0.25) is 9.59 Å². The van der Waals surface area contributed by atoms with Crippen LogP contribution in [-0.4, -0.2) is 34.8 Å². The van der Waals surface area contributed by atoms with Crippen LogP contribution in [0.5, 0.6) is 0 Å². The molecule has 1 fully saturated rings. The molecule has 0 aromatic carbocycles. The number of primary amides is 1. The molecular weight excluding hydrogens is 262 g/mol. The second kappa shape index (κ2) is 7.43. The molecule has 1 atom stereocenters. The van der Waals surface area contributed by atoms with E-state index in [0.29, 0.717) is 31.8 Å². The third-order valence-electron chi connectivity index (χ3n) is 3.63. The molecule has 2 amide bonds. The Kier molecular flexibility index (Phi) is 6.21. The first-order valence-corrected chi connectivity index (χ1v) is 7.23. The number of rotatable bonds is 6. The van der Waals surface area contributed by atoms with Gasteiger partial charge >= 0.3 is 0 Å². The van der Waals surface area contributed by atoms with E-state index in [1.165, 1.54) is 0 Å². The lowest BCUT2D eigenvalue weighted by Crippen LogP contribution is -2.45. The first-order chi connectivity index (χ1) is 8.95. The zero-order chi connectivity index (χ0) is 14.4. The smallest absolute Gasteiger partial charge is 0.232 e. The molecule has 1 aliphatic rings. The number of piperidine rings is 1. The van der Waals surface area contributed by atoms with E-state index in [2.05, 4.69) is 0 Å². The van der Waals surface area contributed by atoms with Gasteiger partial charge < -0.3 is 16.4 Å². The van der Waals surface area contributed by atoms with Gasteiger partial charge in [-0.1, -0.05) is 25.6 Å². The van der Waals surface area contributed by atoms with Crippen molar-refractivity contribution < 1.29 is 9.59 Å². The summed E-state index contributed by atoms with van der Waals surface area (Å²) in [6.45, 7) is 3.34. The van der Waals surface area contributed by atoms with Gasteiger partial charge in [-0.25, -0.2) is 0 Å². The molecule has 4 N–H and O–H groups in total. The maximum Gasteiger partial charge on any atom is 0.232 e. The lowest BCUT2D eigenvalue weighted by atomic mass is 9.92. The Morgan fingerprint density at radius 2 is 1.89 bits per heavy atom. The molecule has 5 nitrogen and oxygen atoms in total. The van der Waals surface area contributed by atoms with E-state index < -0.39 is 0 Å². The van der Waals surface area contributed by atoms with Gasteiger partial charge in [0.05, 0.1) is 10.9 Å². The van der Waals surface area contributed by atoms with E-state index >= 15 is 0 Å². The largest absolute Gasteiger partial charge is 0.393 e.